The number of benzene rings is 1. The summed E-state index contributed by atoms with van der Waals surface area (Å²) >= 11 is 0. The molecular weight excluding hydrogens is 309 g/mol. The van der Waals surface area contributed by atoms with Crippen LogP contribution in [0, 0.1) is 5.82 Å². The third-order valence-electron chi connectivity index (χ3n) is 3.67. The van der Waals surface area contributed by atoms with E-state index in [2.05, 4.69) is 25.7 Å². The maximum absolute atomic E-state index is 13.7. The first kappa shape index (κ1) is 17.7. The number of rotatable bonds is 7. The molecule has 0 bridgehead atoms. The number of aliphatic imine (C=N–C) groups is 1. The van der Waals surface area contributed by atoms with Crippen molar-refractivity contribution in [2.75, 3.05) is 32.1 Å². The number of nitrogens with one attached hydrogen (secondary N) is 2. The Hall–Kier alpha value is -2.64. The maximum Gasteiger partial charge on any atom is 0.191 e. The number of para-hydroxylation sites is 1. The molecule has 8 heteroatoms. The zero-order valence-electron chi connectivity index (χ0n) is 14.3. The van der Waals surface area contributed by atoms with Gasteiger partial charge in [-0.25, -0.2) is 9.37 Å². The van der Waals surface area contributed by atoms with E-state index in [1.165, 1.54) is 12.4 Å². The van der Waals surface area contributed by atoms with Crippen molar-refractivity contribution < 1.29 is 4.39 Å². The van der Waals surface area contributed by atoms with Gasteiger partial charge in [-0.1, -0.05) is 12.1 Å². The molecule has 2 N–H and O–H groups in total. The molecule has 0 spiro atoms. The van der Waals surface area contributed by atoms with Crippen molar-refractivity contribution in [1.82, 2.24) is 25.4 Å². The molecule has 1 heterocycles. The van der Waals surface area contributed by atoms with Crippen LogP contribution in [-0.2, 0) is 13.6 Å². The topological polar surface area (TPSA) is 70.4 Å². The molecule has 2 rings (SSSR count). The third kappa shape index (κ3) is 4.94. The Labute approximate surface area is 141 Å². The highest BCUT2D eigenvalue weighted by atomic mass is 19.1. The number of anilines is 1. The average molecular weight is 333 g/mol. The molecular formula is C16H24FN7. The summed E-state index contributed by atoms with van der Waals surface area (Å²) in [6.07, 6.45) is 2.38. The Morgan fingerprint density at radius 2 is 2.12 bits per heavy atom. The number of guanidine groups is 1. The Bertz CT molecular complexity index is 668. The summed E-state index contributed by atoms with van der Waals surface area (Å²) in [5, 5.41) is 10.4. The van der Waals surface area contributed by atoms with E-state index < -0.39 is 0 Å². The summed E-state index contributed by atoms with van der Waals surface area (Å²) in [5.41, 5.74) is 0.613. The van der Waals surface area contributed by atoms with Crippen LogP contribution >= 0.6 is 0 Å². The lowest BCUT2D eigenvalue weighted by atomic mass is 10.2. The first-order valence-corrected chi connectivity index (χ1v) is 7.85. The molecule has 7 nitrogen and oxygen atoms in total. The minimum absolute atomic E-state index is 0.200. The molecule has 1 aromatic carbocycles. The zero-order chi connectivity index (χ0) is 17.4. The Morgan fingerprint density at radius 1 is 1.33 bits per heavy atom. The van der Waals surface area contributed by atoms with Gasteiger partial charge in [0.25, 0.3) is 0 Å². The van der Waals surface area contributed by atoms with E-state index in [4.69, 9.17) is 0 Å². The van der Waals surface area contributed by atoms with Crippen molar-refractivity contribution in [2.24, 2.45) is 12.0 Å². The molecule has 0 radical (unpaired) electrons. The van der Waals surface area contributed by atoms with Crippen LogP contribution in [0.2, 0.25) is 0 Å². The molecule has 0 amide bonds. The molecule has 130 valence electrons. The van der Waals surface area contributed by atoms with Crippen LogP contribution in [0.5, 0.6) is 0 Å². The SMILES string of the molecule is CN=C(NCCCN(C)c1ccccc1F)NCc1ncnn1C. The highest BCUT2D eigenvalue weighted by Gasteiger charge is 2.06. The first-order valence-electron chi connectivity index (χ1n) is 7.85. The molecule has 0 aliphatic carbocycles. The van der Waals surface area contributed by atoms with Gasteiger partial charge in [0.1, 0.15) is 18.0 Å². The fourth-order valence-corrected chi connectivity index (χ4v) is 2.27. The smallest absolute Gasteiger partial charge is 0.191 e. The van der Waals surface area contributed by atoms with Crippen molar-refractivity contribution in [2.45, 2.75) is 13.0 Å². The monoisotopic (exact) mass is 333 g/mol. The molecule has 0 unspecified atom stereocenters. The number of hydrogen-bond acceptors (Lipinski definition) is 4. The highest BCUT2D eigenvalue weighted by Crippen LogP contribution is 2.16. The molecule has 0 aliphatic heterocycles. The van der Waals surface area contributed by atoms with Crippen LogP contribution in [-0.4, -0.2) is 47.9 Å². The van der Waals surface area contributed by atoms with Crippen LogP contribution in [0.25, 0.3) is 0 Å². The molecule has 24 heavy (non-hydrogen) atoms. The normalized spacial score (nSPS) is 11.4. The van der Waals surface area contributed by atoms with Crippen LogP contribution in [0.1, 0.15) is 12.2 Å². The van der Waals surface area contributed by atoms with E-state index in [1.807, 2.05) is 25.1 Å². The van der Waals surface area contributed by atoms with Crippen molar-refractivity contribution in [3.8, 4) is 0 Å². The molecule has 0 saturated heterocycles. The fourth-order valence-electron chi connectivity index (χ4n) is 2.27. The van der Waals surface area contributed by atoms with E-state index >= 15 is 0 Å². The van der Waals surface area contributed by atoms with Crippen LogP contribution < -0.4 is 15.5 Å². The summed E-state index contributed by atoms with van der Waals surface area (Å²) in [6, 6.07) is 6.79. The minimum Gasteiger partial charge on any atom is -0.372 e. The second kappa shape index (κ2) is 8.85. The van der Waals surface area contributed by atoms with E-state index in [1.54, 1.807) is 23.9 Å². The van der Waals surface area contributed by atoms with Gasteiger partial charge in [-0.05, 0) is 18.6 Å². The predicted octanol–water partition coefficient (Wildman–Crippen LogP) is 1.15. The molecule has 0 aliphatic rings. The first-order chi connectivity index (χ1) is 11.6. The number of nitrogens with zero attached hydrogens (tertiary/aromatic N) is 5. The largest absolute Gasteiger partial charge is 0.372 e. The minimum atomic E-state index is -0.200. The van der Waals surface area contributed by atoms with Crippen molar-refractivity contribution in [1.29, 1.82) is 0 Å². The van der Waals surface area contributed by atoms with Gasteiger partial charge in [0.05, 0.1) is 12.2 Å². The fraction of sp³-hybridized carbons (Fsp3) is 0.438. The molecule has 0 atom stereocenters. The highest BCUT2D eigenvalue weighted by molar-refractivity contribution is 5.79. The van der Waals surface area contributed by atoms with E-state index in [0.717, 1.165) is 25.3 Å². The second-order valence-corrected chi connectivity index (χ2v) is 5.38. The Morgan fingerprint density at radius 3 is 2.79 bits per heavy atom. The van der Waals surface area contributed by atoms with Gasteiger partial charge in [0.15, 0.2) is 5.96 Å². The van der Waals surface area contributed by atoms with Gasteiger partial charge in [-0.15, -0.1) is 0 Å². The van der Waals surface area contributed by atoms with Gasteiger partial charge >= 0.3 is 0 Å². The van der Waals surface area contributed by atoms with Crippen LogP contribution in [0.15, 0.2) is 35.6 Å². The summed E-state index contributed by atoms with van der Waals surface area (Å²) in [6.45, 7) is 2.02. The van der Waals surface area contributed by atoms with Crippen LogP contribution in [0.3, 0.4) is 0 Å². The number of aryl methyl sites for hydroxylation is 1. The molecule has 0 saturated carbocycles. The standard InChI is InChI=1S/C16H24FN7/c1-18-16(20-11-15-21-12-22-24(15)3)19-9-6-10-23(2)14-8-5-4-7-13(14)17/h4-5,7-8,12H,6,9-11H2,1-3H3,(H2,18,19,20). The number of halogens is 1. The van der Waals surface area contributed by atoms with Crippen molar-refractivity contribution in [3.05, 3.63) is 42.2 Å². The number of aromatic nitrogens is 3. The summed E-state index contributed by atoms with van der Waals surface area (Å²) < 4.78 is 15.4. The predicted molar refractivity (Wildman–Crippen MR) is 93.5 cm³/mol. The van der Waals surface area contributed by atoms with Gasteiger partial charge in [-0.3, -0.25) is 9.67 Å². The summed E-state index contributed by atoms with van der Waals surface area (Å²) in [4.78, 5) is 10.2. The maximum atomic E-state index is 13.7. The van der Waals surface area contributed by atoms with Crippen molar-refractivity contribution >= 4 is 11.6 Å². The average Bonchev–Trinajstić information content (AvgIpc) is 2.99. The lowest BCUT2D eigenvalue weighted by Crippen LogP contribution is -2.38. The van der Waals surface area contributed by atoms with Gasteiger partial charge in [0.2, 0.25) is 0 Å². The van der Waals surface area contributed by atoms with E-state index in [0.29, 0.717) is 18.2 Å². The van der Waals surface area contributed by atoms with Crippen molar-refractivity contribution in [3.63, 3.8) is 0 Å². The van der Waals surface area contributed by atoms with E-state index in [9.17, 15) is 4.39 Å². The van der Waals surface area contributed by atoms with Gasteiger partial charge < -0.3 is 15.5 Å². The summed E-state index contributed by atoms with van der Waals surface area (Å²) in [7, 11) is 5.45. The Balaban J connectivity index is 1.70. The molecule has 1 aromatic heterocycles. The zero-order valence-corrected chi connectivity index (χ0v) is 14.3. The molecule has 0 fully saturated rings. The van der Waals surface area contributed by atoms with Crippen LogP contribution in [0.4, 0.5) is 10.1 Å². The summed E-state index contributed by atoms with van der Waals surface area (Å²) in [5.74, 6) is 1.33. The third-order valence-corrected chi connectivity index (χ3v) is 3.67. The quantitative estimate of drug-likeness (QED) is 0.452. The van der Waals surface area contributed by atoms with Gasteiger partial charge in [0, 0.05) is 34.2 Å². The second-order valence-electron chi connectivity index (χ2n) is 5.38. The van der Waals surface area contributed by atoms with E-state index in [-0.39, 0.29) is 5.82 Å². The lowest BCUT2D eigenvalue weighted by molar-refractivity contribution is 0.619. The molecule has 2 aromatic rings. The Kier molecular flexibility index (Phi) is 6.53. The van der Waals surface area contributed by atoms with Gasteiger partial charge in [-0.2, -0.15) is 5.10 Å². The lowest BCUT2D eigenvalue weighted by Gasteiger charge is -2.20. The number of hydrogen-bond donors (Lipinski definition) is 2.